The van der Waals surface area contributed by atoms with Crippen LogP contribution in [0.15, 0.2) is 53.6 Å². The minimum Gasteiger partial charge on any atom is -0.284 e. The maximum atomic E-state index is 12.4. The van der Waals surface area contributed by atoms with Crippen LogP contribution in [0.1, 0.15) is 42.5 Å². The number of benzene rings is 2. The predicted molar refractivity (Wildman–Crippen MR) is 107 cm³/mol. The second-order valence-electron chi connectivity index (χ2n) is 6.72. The third-order valence-electron chi connectivity index (χ3n) is 4.45. The lowest BCUT2D eigenvalue weighted by Gasteiger charge is -2.21. The monoisotopic (exact) mass is 385 g/mol. The molecule has 0 spiro atoms. The molecule has 0 saturated carbocycles. The highest BCUT2D eigenvalue weighted by atomic mass is 32.2. The average molecular weight is 385 g/mol. The number of anilines is 1. The van der Waals surface area contributed by atoms with Gasteiger partial charge in [-0.3, -0.25) is 9.52 Å². The molecule has 0 aromatic heterocycles. The van der Waals surface area contributed by atoms with Crippen LogP contribution < -0.4 is 4.72 Å². The highest BCUT2D eigenvalue weighted by Gasteiger charge is 2.32. The molecule has 0 saturated heterocycles. The first-order chi connectivity index (χ1) is 12.8. The van der Waals surface area contributed by atoms with Crippen molar-refractivity contribution in [3.05, 3.63) is 65.2 Å². The number of carbonyl (C=O) groups is 1. The summed E-state index contributed by atoms with van der Waals surface area (Å²) >= 11 is 0. The molecule has 2 aromatic carbocycles. The largest absolute Gasteiger partial charge is 0.284 e. The summed E-state index contributed by atoms with van der Waals surface area (Å²) in [7, 11) is -3.31. The molecule has 7 heteroatoms. The first kappa shape index (κ1) is 19.1. The summed E-state index contributed by atoms with van der Waals surface area (Å²) in [5.74, 6) is -0.0223. The van der Waals surface area contributed by atoms with Crippen molar-refractivity contribution in [2.75, 3.05) is 11.0 Å². The Labute approximate surface area is 159 Å². The van der Waals surface area contributed by atoms with Gasteiger partial charge in [0.1, 0.15) is 0 Å². The number of amides is 1. The van der Waals surface area contributed by atoms with Gasteiger partial charge < -0.3 is 0 Å². The fourth-order valence-corrected chi connectivity index (χ4v) is 3.63. The Morgan fingerprint density at radius 2 is 1.78 bits per heavy atom. The van der Waals surface area contributed by atoms with Crippen molar-refractivity contribution in [1.29, 1.82) is 0 Å². The van der Waals surface area contributed by atoms with E-state index in [4.69, 9.17) is 0 Å². The summed E-state index contributed by atoms with van der Waals surface area (Å²) in [6.07, 6.45) is 2.12. The maximum absolute atomic E-state index is 12.4. The molecular weight excluding hydrogens is 362 g/mol. The number of hydrazone groups is 1. The maximum Gasteiger partial charge on any atom is 0.242 e. The first-order valence-electron chi connectivity index (χ1n) is 8.81. The fraction of sp³-hybridized carbons (Fsp3) is 0.300. The Kier molecular flexibility index (Phi) is 5.32. The second-order valence-corrected chi connectivity index (χ2v) is 8.47. The Bertz CT molecular complexity index is 965. The van der Waals surface area contributed by atoms with Crippen LogP contribution in [0.3, 0.4) is 0 Å². The van der Waals surface area contributed by atoms with Crippen molar-refractivity contribution in [2.45, 2.75) is 32.7 Å². The normalized spacial score (nSPS) is 16.9. The molecule has 1 N–H and O–H groups in total. The van der Waals surface area contributed by atoms with Crippen molar-refractivity contribution < 1.29 is 13.2 Å². The molecule has 27 heavy (non-hydrogen) atoms. The van der Waals surface area contributed by atoms with E-state index in [9.17, 15) is 13.2 Å². The summed E-state index contributed by atoms with van der Waals surface area (Å²) in [4.78, 5) is 12.4. The minimum atomic E-state index is -3.31. The van der Waals surface area contributed by atoms with Gasteiger partial charge in [0.05, 0.1) is 18.0 Å². The molecule has 0 aliphatic carbocycles. The van der Waals surface area contributed by atoms with Crippen molar-refractivity contribution >= 4 is 27.3 Å². The summed E-state index contributed by atoms with van der Waals surface area (Å²) in [6.45, 7) is 3.86. The summed E-state index contributed by atoms with van der Waals surface area (Å²) in [5, 5.41) is 6.15. The van der Waals surface area contributed by atoms with Gasteiger partial charge in [0.2, 0.25) is 15.9 Å². The van der Waals surface area contributed by atoms with E-state index in [1.165, 1.54) is 5.56 Å². The lowest BCUT2D eigenvalue weighted by Crippen LogP contribution is -2.26. The molecule has 2 aromatic rings. The quantitative estimate of drug-likeness (QED) is 0.856. The molecule has 6 nitrogen and oxygen atoms in total. The summed E-state index contributed by atoms with van der Waals surface area (Å²) < 4.78 is 25.1. The van der Waals surface area contributed by atoms with Crippen LogP contribution in [0.4, 0.5) is 5.69 Å². The predicted octanol–water partition coefficient (Wildman–Crippen LogP) is 3.45. The fourth-order valence-electron chi connectivity index (χ4n) is 3.07. The first-order valence-corrected chi connectivity index (χ1v) is 10.7. The zero-order valence-electron chi connectivity index (χ0n) is 15.6. The topological polar surface area (TPSA) is 78.8 Å². The number of hydrogen-bond acceptors (Lipinski definition) is 4. The molecule has 1 amide bonds. The van der Waals surface area contributed by atoms with Crippen molar-refractivity contribution in [3.8, 4) is 0 Å². The molecule has 1 heterocycles. The number of sulfonamides is 1. The van der Waals surface area contributed by atoms with Gasteiger partial charge in [-0.05, 0) is 30.2 Å². The van der Waals surface area contributed by atoms with Crippen molar-refractivity contribution in [1.82, 2.24) is 5.01 Å². The highest BCUT2D eigenvalue weighted by molar-refractivity contribution is 7.92. The lowest BCUT2D eigenvalue weighted by atomic mass is 9.97. The van der Waals surface area contributed by atoms with E-state index in [-0.39, 0.29) is 11.9 Å². The number of nitrogens with one attached hydrogen (secondary N) is 1. The second kappa shape index (κ2) is 7.52. The smallest absolute Gasteiger partial charge is 0.242 e. The van der Waals surface area contributed by atoms with Crippen LogP contribution in [0, 0.1) is 6.92 Å². The molecule has 1 atom stereocenters. The molecule has 0 radical (unpaired) electrons. The van der Waals surface area contributed by atoms with Gasteiger partial charge in [-0.25, -0.2) is 13.4 Å². The zero-order chi connectivity index (χ0) is 19.6. The van der Waals surface area contributed by atoms with E-state index in [0.717, 1.165) is 23.1 Å². The van der Waals surface area contributed by atoms with Gasteiger partial charge in [0.15, 0.2) is 0 Å². The van der Waals surface area contributed by atoms with Gasteiger partial charge in [-0.1, -0.05) is 48.9 Å². The summed E-state index contributed by atoms with van der Waals surface area (Å²) in [5.41, 5.74) is 4.40. The molecule has 3 rings (SSSR count). The van der Waals surface area contributed by atoms with Gasteiger partial charge in [0.25, 0.3) is 0 Å². The molecule has 0 unspecified atom stereocenters. The Morgan fingerprint density at radius 3 is 2.33 bits per heavy atom. The number of rotatable bonds is 5. The number of hydrogen-bond donors (Lipinski definition) is 1. The van der Waals surface area contributed by atoms with Crippen molar-refractivity contribution in [2.24, 2.45) is 5.10 Å². The standard InChI is InChI=1S/C20H23N3O3S/c1-4-20(24)23-19(16-7-5-14(2)6-8-16)13-18(21-23)15-9-11-17(12-10-15)22-27(3,25)26/h5-12,19,22H,4,13H2,1-3H3/t19-/m0/s1. The van der Waals surface area contributed by atoms with Gasteiger partial charge in [0, 0.05) is 18.5 Å². The van der Waals surface area contributed by atoms with E-state index in [1.807, 2.05) is 50.2 Å². The number of nitrogens with zero attached hydrogens (tertiary/aromatic N) is 2. The van der Waals surface area contributed by atoms with E-state index in [1.54, 1.807) is 17.1 Å². The summed E-state index contributed by atoms with van der Waals surface area (Å²) in [6, 6.07) is 15.1. The molecule has 0 fully saturated rings. The van der Waals surface area contributed by atoms with Gasteiger partial charge in [-0.2, -0.15) is 5.10 Å². The molecule has 1 aliphatic heterocycles. The number of carbonyl (C=O) groups excluding carboxylic acids is 1. The van der Waals surface area contributed by atoms with Crippen LogP contribution in [0.25, 0.3) is 0 Å². The average Bonchev–Trinajstić information content (AvgIpc) is 3.06. The molecule has 1 aliphatic rings. The van der Waals surface area contributed by atoms with Crippen LogP contribution in [0.5, 0.6) is 0 Å². The SMILES string of the molecule is CCC(=O)N1N=C(c2ccc(NS(C)(=O)=O)cc2)C[C@H]1c1ccc(C)cc1. The van der Waals surface area contributed by atoms with Crippen LogP contribution in [0.2, 0.25) is 0 Å². The van der Waals surface area contributed by atoms with Crippen molar-refractivity contribution in [3.63, 3.8) is 0 Å². The Hall–Kier alpha value is -2.67. The van der Waals surface area contributed by atoms with E-state index in [2.05, 4.69) is 9.82 Å². The Balaban J connectivity index is 1.87. The van der Waals surface area contributed by atoms with Crippen LogP contribution in [-0.2, 0) is 14.8 Å². The van der Waals surface area contributed by atoms with Gasteiger partial charge >= 0.3 is 0 Å². The molecule has 142 valence electrons. The zero-order valence-corrected chi connectivity index (χ0v) is 16.5. The molecule has 0 bridgehead atoms. The van der Waals surface area contributed by atoms with Gasteiger partial charge in [-0.15, -0.1) is 0 Å². The number of aryl methyl sites for hydroxylation is 1. The van der Waals surface area contributed by atoms with E-state index in [0.29, 0.717) is 18.5 Å². The molecular formula is C20H23N3O3S. The third-order valence-corrected chi connectivity index (χ3v) is 5.06. The van der Waals surface area contributed by atoms with E-state index >= 15 is 0 Å². The van der Waals surface area contributed by atoms with E-state index < -0.39 is 10.0 Å². The third kappa shape index (κ3) is 4.54. The Morgan fingerprint density at radius 1 is 1.15 bits per heavy atom. The van der Waals surface area contributed by atoms with Crippen LogP contribution >= 0.6 is 0 Å². The van der Waals surface area contributed by atoms with Crippen LogP contribution in [-0.4, -0.2) is 31.3 Å². The minimum absolute atomic E-state index is 0.0223. The lowest BCUT2D eigenvalue weighted by molar-refractivity contribution is -0.132. The highest BCUT2D eigenvalue weighted by Crippen LogP contribution is 2.33.